The van der Waals surface area contributed by atoms with Crippen molar-refractivity contribution in [3.8, 4) is 0 Å². The maximum absolute atomic E-state index is 12.4. The molecule has 12 heteroatoms. The zero-order valence-electron chi connectivity index (χ0n) is 18.6. The second-order valence-electron chi connectivity index (χ2n) is 7.17. The summed E-state index contributed by atoms with van der Waals surface area (Å²) in [5, 5.41) is 2.62. The molecule has 0 bridgehead atoms. The van der Waals surface area contributed by atoms with Gasteiger partial charge in [-0.1, -0.05) is 0 Å². The van der Waals surface area contributed by atoms with Crippen molar-refractivity contribution in [3.05, 3.63) is 0 Å². The number of amides is 4. The summed E-state index contributed by atoms with van der Waals surface area (Å²) in [5.74, 6) is 0. The van der Waals surface area contributed by atoms with Gasteiger partial charge < -0.3 is 29.2 Å². The third-order valence-electron chi connectivity index (χ3n) is 5.88. The second-order valence-corrected chi connectivity index (χ2v) is 7.17. The van der Waals surface area contributed by atoms with Crippen LogP contribution in [0.5, 0.6) is 0 Å². The first-order chi connectivity index (χ1) is 14.0. The number of methoxy groups -OCH3 is 4. The number of ether oxygens (including phenoxy) is 4. The molecule has 0 aliphatic heterocycles. The SMILES string of the molecule is COC(=O)NCC1(N(C)C(=O)OC)CCCC(N(C)C(=O)OC)(N(C)C(=O)OC)C1. The Morgan fingerprint density at radius 3 is 1.67 bits per heavy atom. The van der Waals surface area contributed by atoms with Crippen LogP contribution in [0, 0.1) is 0 Å². The van der Waals surface area contributed by atoms with Gasteiger partial charge in [0.1, 0.15) is 5.66 Å². The average molecular weight is 432 g/mol. The molecule has 172 valence electrons. The van der Waals surface area contributed by atoms with Crippen LogP contribution < -0.4 is 5.32 Å². The maximum atomic E-state index is 12.4. The molecule has 1 aliphatic carbocycles. The number of nitrogens with zero attached hydrogens (tertiary/aromatic N) is 3. The predicted octanol–water partition coefficient (Wildman–Crippen LogP) is 1.45. The highest BCUT2D eigenvalue weighted by Gasteiger charge is 2.55. The summed E-state index contributed by atoms with van der Waals surface area (Å²) in [6.45, 7) is 0.0110. The number of carbonyl (C=O) groups is 4. The van der Waals surface area contributed by atoms with Gasteiger partial charge in [0.25, 0.3) is 0 Å². The molecule has 0 aromatic carbocycles. The number of hydrogen-bond acceptors (Lipinski definition) is 8. The fourth-order valence-electron chi connectivity index (χ4n) is 4.01. The second kappa shape index (κ2) is 10.2. The van der Waals surface area contributed by atoms with E-state index in [1.54, 1.807) is 0 Å². The van der Waals surface area contributed by atoms with Crippen LogP contribution in [0.1, 0.15) is 25.7 Å². The zero-order chi connectivity index (χ0) is 23.1. The van der Waals surface area contributed by atoms with Crippen LogP contribution in [-0.2, 0) is 18.9 Å². The zero-order valence-corrected chi connectivity index (χ0v) is 18.6. The van der Waals surface area contributed by atoms with Crippen LogP contribution in [-0.4, -0.2) is 106 Å². The van der Waals surface area contributed by atoms with Crippen molar-refractivity contribution < 1.29 is 38.1 Å². The Morgan fingerprint density at radius 1 is 0.767 bits per heavy atom. The van der Waals surface area contributed by atoms with Crippen LogP contribution in [0.3, 0.4) is 0 Å². The highest BCUT2D eigenvalue weighted by Crippen LogP contribution is 2.43. The first kappa shape index (κ1) is 25.1. The van der Waals surface area contributed by atoms with Crippen LogP contribution in [0.15, 0.2) is 0 Å². The van der Waals surface area contributed by atoms with Gasteiger partial charge >= 0.3 is 24.4 Å². The van der Waals surface area contributed by atoms with Gasteiger partial charge in [-0.05, 0) is 19.3 Å². The van der Waals surface area contributed by atoms with E-state index in [2.05, 4.69) is 10.1 Å². The minimum absolute atomic E-state index is 0.0110. The minimum Gasteiger partial charge on any atom is -0.453 e. The standard InChI is InChI=1S/C18H32N4O8/c1-20(14(24)28-5)17(12-19-13(23)27-4)9-8-10-18(11-17,21(2)15(25)29-6)22(3)16(26)30-7/h8-12H2,1-7H3,(H,19,23). The van der Waals surface area contributed by atoms with Crippen molar-refractivity contribution in [3.63, 3.8) is 0 Å². The number of carbonyl (C=O) groups excluding carboxylic acids is 4. The molecule has 1 saturated carbocycles. The summed E-state index contributed by atoms with van der Waals surface area (Å²) < 4.78 is 19.3. The topological polar surface area (TPSA) is 127 Å². The van der Waals surface area contributed by atoms with Gasteiger partial charge in [0, 0.05) is 34.1 Å². The van der Waals surface area contributed by atoms with Crippen molar-refractivity contribution in [2.24, 2.45) is 0 Å². The molecule has 0 aromatic heterocycles. The maximum Gasteiger partial charge on any atom is 0.411 e. The number of rotatable bonds is 5. The van der Waals surface area contributed by atoms with Gasteiger partial charge in [0.2, 0.25) is 0 Å². The van der Waals surface area contributed by atoms with Gasteiger partial charge in [-0.15, -0.1) is 0 Å². The van der Waals surface area contributed by atoms with E-state index in [-0.39, 0.29) is 13.0 Å². The normalized spacial score (nSPS) is 19.7. The summed E-state index contributed by atoms with van der Waals surface area (Å²) in [6.07, 6.45) is -1.12. The Bertz CT molecular complexity index is 636. The molecule has 1 aliphatic rings. The summed E-state index contributed by atoms with van der Waals surface area (Å²) in [4.78, 5) is 53.0. The smallest absolute Gasteiger partial charge is 0.411 e. The third kappa shape index (κ3) is 4.79. The molecule has 4 amide bonds. The predicted molar refractivity (Wildman–Crippen MR) is 105 cm³/mol. The molecule has 0 radical (unpaired) electrons. The molecule has 0 heterocycles. The Morgan fingerprint density at radius 2 is 1.23 bits per heavy atom. The van der Waals surface area contributed by atoms with E-state index < -0.39 is 35.6 Å². The lowest BCUT2D eigenvalue weighted by Crippen LogP contribution is -2.70. The van der Waals surface area contributed by atoms with Gasteiger partial charge in [-0.3, -0.25) is 9.80 Å². The number of likely N-dealkylation sites (N-methyl/N-ethyl adjacent to an activating group) is 1. The van der Waals surface area contributed by atoms with Crippen molar-refractivity contribution in [2.75, 3.05) is 56.1 Å². The fraction of sp³-hybridized carbons (Fsp3) is 0.778. The molecule has 0 saturated heterocycles. The van der Waals surface area contributed by atoms with Crippen molar-refractivity contribution in [1.29, 1.82) is 0 Å². The molecule has 30 heavy (non-hydrogen) atoms. The number of nitrogens with one attached hydrogen (secondary N) is 1. The van der Waals surface area contributed by atoms with Gasteiger partial charge in [-0.2, -0.15) is 0 Å². The van der Waals surface area contributed by atoms with Crippen LogP contribution in [0.2, 0.25) is 0 Å². The minimum atomic E-state index is -1.20. The summed E-state index contributed by atoms with van der Waals surface area (Å²) in [5.41, 5.74) is -2.19. The molecule has 1 N–H and O–H groups in total. The van der Waals surface area contributed by atoms with Crippen molar-refractivity contribution in [2.45, 2.75) is 36.9 Å². The Kier molecular flexibility index (Phi) is 8.55. The molecule has 1 atom stereocenters. The molecule has 0 spiro atoms. The lowest BCUT2D eigenvalue weighted by atomic mass is 9.73. The van der Waals surface area contributed by atoms with E-state index in [9.17, 15) is 19.2 Å². The van der Waals surface area contributed by atoms with E-state index in [1.807, 2.05) is 0 Å². The van der Waals surface area contributed by atoms with Crippen LogP contribution in [0.25, 0.3) is 0 Å². The summed E-state index contributed by atoms with van der Waals surface area (Å²) in [7, 11) is 9.50. The van der Waals surface area contributed by atoms with Crippen molar-refractivity contribution >= 4 is 24.4 Å². The monoisotopic (exact) mass is 432 g/mol. The van der Waals surface area contributed by atoms with Crippen molar-refractivity contribution in [1.82, 2.24) is 20.0 Å². The first-order valence-corrected chi connectivity index (χ1v) is 9.32. The summed E-state index contributed by atoms with van der Waals surface area (Å²) >= 11 is 0. The van der Waals surface area contributed by atoms with E-state index >= 15 is 0 Å². The third-order valence-corrected chi connectivity index (χ3v) is 5.88. The highest BCUT2D eigenvalue weighted by molar-refractivity contribution is 5.73. The quantitative estimate of drug-likeness (QED) is 0.511. The largest absolute Gasteiger partial charge is 0.453 e. The number of hydrogen-bond donors (Lipinski definition) is 1. The lowest BCUT2D eigenvalue weighted by Gasteiger charge is -2.56. The molecule has 0 aromatic rings. The van der Waals surface area contributed by atoms with Crippen LogP contribution >= 0.6 is 0 Å². The van der Waals surface area contributed by atoms with E-state index in [0.29, 0.717) is 19.3 Å². The van der Waals surface area contributed by atoms with Gasteiger partial charge in [0.05, 0.1) is 34.0 Å². The van der Waals surface area contributed by atoms with Gasteiger partial charge in [-0.25, -0.2) is 19.2 Å². The Labute approximate surface area is 176 Å². The van der Waals surface area contributed by atoms with E-state index in [4.69, 9.17) is 14.2 Å². The molecular formula is C18H32N4O8. The van der Waals surface area contributed by atoms with E-state index in [1.165, 1.54) is 64.3 Å². The average Bonchev–Trinajstić information content (AvgIpc) is 2.79. The van der Waals surface area contributed by atoms with Gasteiger partial charge in [0.15, 0.2) is 0 Å². The molecule has 1 rings (SSSR count). The van der Waals surface area contributed by atoms with E-state index in [0.717, 1.165) is 0 Å². The number of alkyl carbamates (subject to hydrolysis) is 1. The molecular weight excluding hydrogens is 400 g/mol. The first-order valence-electron chi connectivity index (χ1n) is 9.32. The highest BCUT2D eigenvalue weighted by atomic mass is 16.6. The Balaban J connectivity index is 3.52. The summed E-state index contributed by atoms with van der Waals surface area (Å²) in [6, 6.07) is 0. The van der Waals surface area contributed by atoms with Crippen LogP contribution in [0.4, 0.5) is 19.2 Å². The Hall–Kier alpha value is -2.92. The molecule has 1 fully saturated rings. The molecule has 12 nitrogen and oxygen atoms in total. The fourth-order valence-corrected chi connectivity index (χ4v) is 4.01. The lowest BCUT2D eigenvalue weighted by molar-refractivity contribution is -0.0819. The molecule has 1 unspecified atom stereocenters.